The van der Waals surface area contributed by atoms with Crippen molar-refractivity contribution in [2.24, 2.45) is 5.73 Å². The van der Waals surface area contributed by atoms with Crippen LogP contribution in [0.3, 0.4) is 0 Å². The van der Waals surface area contributed by atoms with Gasteiger partial charge in [-0.2, -0.15) is 0 Å². The number of halogens is 1. The zero-order chi connectivity index (χ0) is 6.69. The van der Waals surface area contributed by atoms with Gasteiger partial charge in [0, 0.05) is 18.9 Å². The molecule has 0 aliphatic rings. The summed E-state index contributed by atoms with van der Waals surface area (Å²) in [6, 6.07) is 0. The molecule has 1 aromatic heterocycles. The van der Waals surface area contributed by atoms with E-state index in [1.165, 1.54) is 0 Å². The van der Waals surface area contributed by atoms with Crippen molar-refractivity contribution in [1.82, 2.24) is 9.97 Å². The lowest BCUT2D eigenvalue weighted by Gasteiger charge is -1.94. The number of rotatable bonds is 1. The Bertz CT molecular complexity index is 201. The summed E-state index contributed by atoms with van der Waals surface area (Å²) in [5.74, 6) is 0. The van der Waals surface area contributed by atoms with Crippen LogP contribution in [0.25, 0.3) is 0 Å². The predicted molar refractivity (Wildman–Crippen MR) is 37.6 cm³/mol. The van der Waals surface area contributed by atoms with Crippen LogP contribution in [-0.4, -0.2) is 9.97 Å². The normalized spacial score (nSPS) is 9.56. The molecule has 0 saturated heterocycles. The first-order chi connectivity index (χ1) is 4.34. The van der Waals surface area contributed by atoms with Crippen LogP contribution >= 0.6 is 15.9 Å². The van der Waals surface area contributed by atoms with Gasteiger partial charge in [-0.25, -0.2) is 4.98 Å². The van der Waals surface area contributed by atoms with Crippen molar-refractivity contribution < 1.29 is 0 Å². The molecule has 48 valence electrons. The standard InChI is InChI=1S/C5H6BrN3/c6-5-4(3-7)8-1-2-9-5/h1-2H,3,7H2. The highest BCUT2D eigenvalue weighted by Gasteiger charge is 1.95. The Morgan fingerprint density at radius 3 is 2.56 bits per heavy atom. The molecule has 2 N–H and O–H groups in total. The van der Waals surface area contributed by atoms with E-state index in [-0.39, 0.29) is 0 Å². The molecular formula is C5H6BrN3. The van der Waals surface area contributed by atoms with Crippen molar-refractivity contribution in [3.63, 3.8) is 0 Å². The van der Waals surface area contributed by atoms with Gasteiger partial charge in [-0.15, -0.1) is 0 Å². The fourth-order valence-electron chi connectivity index (χ4n) is 0.487. The van der Waals surface area contributed by atoms with Crippen LogP contribution in [0.2, 0.25) is 0 Å². The smallest absolute Gasteiger partial charge is 0.128 e. The quantitative estimate of drug-likeness (QED) is 0.705. The molecule has 0 radical (unpaired) electrons. The molecule has 1 aromatic rings. The maximum atomic E-state index is 5.32. The van der Waals surface area contributed by atoms with Crippen LogP contribution in [0, 0.1) is 0 Å². The molecule has 0 aromatic carbocycles. The summed E-state index contributed by atoms with van der Waals surface area (Å²) >= 11 is 3.20. The molecule has 1 heterocycles. The highest BCUT2D eigenvalue weighted by molar-refractivity contribution is 9.10. The first-order valence-corrected chi connectivity index (χ1v) is 3.29. The van der Waals surface area contributed by atoms with Crippen molar-refractivity contribution in [3.05, 3.63) is 22.7 Å². The van der Waals surface area contributed by atoms with Crippen LogP contribution in [0.15, 0.2) is 17.0 Å². The SMILES string of the molecule is NCc1nccnc1Br. The minimum absolute atomic E-state index is 0.425. The molecular weight excluding hydrogens is 182 g/mol. The predicted octanol–water partition coefficient (Wildman–Crippen LogP) is 0.698. The number of aromatic nitrogens is 2. The first-order valence-electron chi connectivity index (χ1n) is 2.50. The average Bonchev–Trinajstić information content (AvgIpc) is 1.89. The molecule has 1 rings (SSSR count). The lowest BCUT2D eigenvalue weighted by atomic mass is 10.5. The molecule has 0 bridgehead atoms. The van der Waals surface area contributed by atoms with Gasteiger partial charge in [0.25, 0.3) is 0 Å². The minimum Gasteiger partial charge on any atom is -0.325 e. The van der Waals surface area contributed by atoms with E-state index in [0.717, 1.165) is 10.3 Å². The summed E-state index contributed by atoms with van der Waals surface area (Å²) in [6.45, 7) is 0.425. The van der Waals surface area contributed by atoms with Crippen LogP contribution < -0.4 is 5.73 Å². The van der Waals surface area contributed by atoms with Crippen molar-refractivity contribution in [1.29, 1.82) is 0 Å². The van der Waals surface area contributed by atoms with Gasteiger partial charge in [-0.1, -0.05) is 0 Å². The maximum Gasteiger partial charge on any atom is 0.128 e. The highest BCUT2D eigenvalue weighted by Crippen LogP contribution is 2.07. The molecule has 0 amide bonds. The third-order valence-corrected chi connectivity index (χ3v) is 1.58. The van der Waals surface area contributed by atoms with E-state index in [4.69, 9.17) is 5.73 Å². The molecule has 9 heavy (non-hydrogen) atoms. The Morgan fingerprint density at radius 1 is 1.44 bits per heavy atom. The van der Waals surface area contributed by atoms with Gasteiger partial charge in [0.05, 0.1) is 5.69 Å². The van der Waals surface area contributed by atoms with Crippen molar-refractivity contribution in [2.75, 3.05) is 0 Å². The largest absolute Gasteiger partial charge is 0.325 e. The molecule has 4 heteroatoms. The summed E-state index contributed by atoms with van der Waals surface area (Å²) < 4.78 is 0.729. The minimum atomic E-state index is 0.425. The molecule has 0 saturated carbocycles. The molecule has 3 nitrogen and oxygen atoms in total. The van der Waals surface area contributed by atoms with E-state index in [0.29, 0.717) is 6.54 Å². The fraction of sp³-hybridized carbons (Fsp3) is 0.200. The number of nitrogens with zero attached hydrogens (tertiary/aromatic N) is 2. The zero-order valence-electron chi connectivity index (χ0n) is 4.71. The molecule has 0 aliphatic heterocycles. The van der Waals surface area contributed by atoms with E-state index in [1.807, 2.05) is 0 Å². The molecule has 0 aliphatic carbocycles. The zero-order valence-corrected chi connectivity index (χ0v) is 6.30. The van der Waals surface area contributed by atoms with Gasteiger partial charge in [0.2, 0.25) is 0 Å². The Kier molecular flexibility index (Phi) is 2.13. The lowest BCUT2D eigenvalue weighted by Crippen LogP contribution is -2.00. The highest BCUT2D eigenvalue weighted by atomic mass is 79.9. The topological polar surface area (TPSA) is 51.8 Å². The van der Waals surface area contributed by atoms with Crippen molar-refractivity contribution in [3.8, 4) is 0 Å². The molecule has 0 fully saturated rings. The Morgan fingerprint density at radius 2 is 2.11 bits per heavy atom. The van der Waals surface area contributed by atoms with E-state index in [1.54, 1.807) is 12.4 Å². The average molecular weight is 188 g/mol. The summed E-state index contributed by atoms with van der Waals surface area (Å²) in [5.41, 5.74) is 6.11. The molecule has 0 unspecified atom stereocenters. The van der Waals surface area contributed by atoms with E-state index in [2.05, 4.69) is 25.9 Å². The second-order valence-electron chi connectivity index (χ2n) is 1.50. The van der Waals surface area contributed by atoms with Gasteiger partial charge >= 0.3 is 0 Å². The van der Waals surface area contributed by atoms with E-state index in [9.17, 15) is 0 Å². The monoisotopic (exact) mass is 187 g/mol. The molecule has 0 atom stereocenters. The van der Waals surface area contributed by atoms with Gasteiger partial charge in [-0.05, 0) is 15.9 Å². The summed E-state index contributed by atoms with van der Waals surface area (Å²) in [7, 11) is 0. The van der Waals surface area contributed by atoms with Crippen molar-refractivity contribution in [2.45, 2.75) is 6.54 Å². The van der Waals surface area contributed by atoms with Crippen molar-refractivity contribution >= 4 is 15.9 Å². The Labute approximate surface area is 61.4 Å². The first kappa shape index (κ1) is 6.64. The number of hydrogen-bond donors (Lipinski definition) is 1. The van der Waals surface area contributed by atoms with Gasteiger partial charge in [-0.3, -0.25) is 4.98 Å². The third kappa shape index (κ3) is 1.46. The number of hydrogen-bond acceptors (Lipinski definition) is 3. The lowest BCUT2D eigenvalue weighted by molar-refractivity contribution is 0.945. The van der Waals surface area contributed by atoms with Crippen LogP contribution in [0.5, 0.6) is 0 Å². The summed E-state index contributed by atoms with van der Waals surface area (Å²) in [5, 5.41) is 0. The van der Waals surface area contributed by atoms with Crippen LogP contribution in [-0.2, 0) is 6.54 Å². The van der Waals surface area contributed by atoms with E-state index >= 15 is 0 Å². The number of nitrogens with two attached hydrogens (primary N) is 1. The summed E-state index contributed by atoms with van der Waals surface area (Å²) in [6.07, 6.45) is 3.23. The Hall–Kier alpha value is -0.480. The van der Waals surface area contributed by atoms with Gasteiger partial charge in [0.1, 0.15) is 4.60 Å². The molecule has 0 spiro atoms. The Balaban J connectivity index is 3.01. The van der Waals surface area contributed by atoms with Crippen LogP contribution in [0.4, 0.5) is 0 Å². The van der Waals surface area contributed by atoms with Crippen LogP contribution in [0.1, 0.15) is 5.69 Å². The second-order valence-corrected chi connectivity index (χ2v) is 2.25. The van der Waals surface area contributed by atoms with E-state index < -0.39 is 0 Å². The second kappa shape index (κ2) is 2.89. The third-order valence-electron chi connectivity index (χ3n) is 0.916. The summed E-state index contributed by atoms with van der Waals surface area (Å²) in [4.78, 5) is 7.89. The van der Waals surface area contributed by atoms with Gasteiger partial charge < -0.3 is 5.73 Å². The maximum absolute atomic E-state index is 5.32. The van der Waals surface area contributed by atoms with Gasteiger partial charge in [0.15, 0.2) is 0 Å². The fourth-order valence-corrected chi connectivity index (χ4v) is 0.869.